The Morgan fingerprint density at radius 1 is 1.89 bits per heavy atom. The number of rotatable bonds is 3. The molecule has 0 aliphatic carbocycles. The van der Waals surface area contributed by atoms with Gasteiger partial charge in [0.05, 0.1) is 13.0 Å². The maximum Gasteiger partial charge on any atom is 0.242 e. The van der Waals surface area contributed by atoms with Gasteiger partial charge in [-0.15, -0.1) is 0 Å². The number of nitrogens with one attached hydrogen (secondary N) is 1. The molecule has 0 heterocycles. The van der Waals surface area contributed by atoms with E-state index < -0.39 is 0 Å². The van der Waals surface area contributed by atoms with Crippen molar-refractivity contribution in [3.05, 3.63) is 0 Å². The second-order valence-corrected chi connectivity index (χ2v) is 1.40. The van der Waals surface area contributed by atoms with E-state index in [1.54, 1.807) is 6.92 Å². The van der Waals surface area contributed by atoms with Crippen LogP contribution in [0.25, 0.3) is 0 Å². The summed E-state index contributed by atoms with van der Waals surface area (Å²) in [7, 11) is 0. The lowest BCUT2D eigenvalue weighted by atomic mass is 10.4. The first-order valence-corrected chi connectivity index (χ1v) is 2.68. The van der Waals surface area contributed by atoms with E-state index in [0.29, 0.717) is 0 Å². The topological polar surface area (TPSA) is 61.7 Å². The molecule has 0 unspecified atom stereocenters. The Morgan fingerprint density at radius 3 is 3.00 bits per heavy atom. The fraction of sp³-hybridized carbons (Fsp3) is 0.600. The lowest BCUT2D eigenvalue weighted by molar-refractivity contribution is -0.121. The summed E-state index contributed by atoms with van der Waals surface area (Å²) in [6, 6.07) is 0. The molecule has 0 aromatic carbocycles. The van der Waals surface area contributed by atoms with Crippen LogP contribution in [0.1, 0.15) is 13.3 Å². The standard InChI is InChI=1S/C5H10N2O2/c1-2-6-7-5(9)3-4-8/h2,8H,3-4H2,1H3,(H,7,9)/b6-2+. The summed E-state index contributed by atoms with van der Waals surface area (Å²) >= 11 is 0. The number of carbonyl (C=O) groups excluding carboxylic acids is 1. The summed E-state index contributed by atoms with van der Waals surface area (Å²) in [6.45, 7) is 1.56. The van der Waals surface area contributed by atoms with Crippen molar-refractivity contribution in [2.24, 2.45) is 5.10 Å². The normalized spacial score (nSPS) is 10.0. The Morgan fingerprint density at radius 2 is 2.56 bits per heavy atom. The van der Waals surface area contributed by atoms with Crippen molar-refractivity contribution in [2.75, 3.05) is 6.61 Å². The predicted octanol–water partition coefficient (Wildman–Crippen LogP) is -0.509. The Kier molecular flexibility index (Phi) is 4.72. The first kappa shape index (κ1) is 8.10. The maximum absolute atomic E-state index is 10.4. The van der Waals surface area contributed by atoms with E-state index in [1.165, 1.54) is 6.21 Å². The van der Waals surface area contributed by atoms with Crippen molar-refractivity contribution in [1.29, 1.82) is 0 Å². The highest BCUT2D eigenvalue weighted by Gasteiger charge is 1.93. The monoisotopic (exact) mass is 130 g/mol. The minimum Gasteiger partial charge on any atom is -0.396 e. The smallest absolute Gasteiger partial charge is 0.242 e. The molecule has 0 aromatic heterocycles. The SMILES string of the molecule is C/C=N/NC(=O)CCO. The molecule has 4 heteroatoms. The summed E-state index contributed by atoms with van der Waals surface area (Å²) < 4.78 is 0. The summed E-state index contributed by atoms with van der Waals surface area (Å²) in [5, 5.41) is 11.7. The third-order valence-electron chi connectivity index (χ3n) is 0.657. The van der Waals surface area contributed by atoms with Gasteiger partial charge in [0.25, 0.3) is 0 Å². The summed E-state index contributed by atoms with van der Waals surface area (Å²) in [5.41, 5.74) is 2.20. The lowest BCUT2D eigenvalue weighted by Gasteiger charge is -1.92. The third kappa shape index (κ3) is 4.96. The molecule has 1 amide bonds. The van der Waals surface area contributed by atoms with Gasteiger partial charge in [0.2, 0.25) is 5.91 Å². The highest BCUT2D eigenvalue weighted by Crippen LogP contribution is 1.74. The van der Waals surface area contributed by atoms with Gasteiger partial charge in [-0.2, -0.15) is 5.10 Å². The molecule has 0 saturated carbocycles. The van der Waals surface area contributed by atoms with Crippen LogP contribution >= 0.6 is 0 Å². The Labute approximate surface area is 53.6 Å². The van der Waals surface area contributed by atoms with Crippen molar-refractivity contribution in [1.82, 2.24) is 5.43 Å². The second-order valence-electron chi connectivity index (χ2n) is 1.40. The molecule has 2 N–H and O–H groups in total. The molecule has 0 atom stereocenters. The van der Waals surface area contributed by atoms with Gasteiger partial charge in [-0.1, -0.05) is 0 Å². The molecule has 0 bridgehead atoms. The highest BCUT2D eigenvalue weighted by atomic mass is 16.3. The molecule has 0 rings (SSSR count). The van der Waals surface area contributed by atoms with E-state index in [4.69, 9.17) is 5.11 Å². The molecule has 52 valence electrons. The van der Waals surface area contributed by atoms with Gasteiger partial charge >= 0.3 is 0 Å². The van der Waals surface area contributed by atoms with Crippen LogP contribution in [0.15, 0.2) is 5.10 Å². The largest absolute Gasteiger partial charge is 0.396 e. The van der Waals surface area contributed by atoms with E-state index in [9.17, 15) is 4.79 Å². The van der Waals surface area contributed by atoms with Crippen molar-refractivity contribution < 1.29 is 9.90 Å². The minimum atomic E-state index is -0.268. The van der Waals surface area contributed by atoms with Crippen LogP contribution in [-0.4, -0.2) is 23.8 Å². The molecule has 9 heavy (non-hydrogen) atoms. The maximum atomic E-state index is 10.4. The Hall–Kier alpha value is -0.900. The fourth-order valence-electron chi connectivity index (χ4n) is 0.294. The third-order valence-corrected chi connectivity index (χ3v) is 0.657. The summed E-state index contributed by atoms with van der Waals surface area (Å²) in [4.78, 5) is 10.4. The molecule has 0 aliphatic heterocycles. The Balaban J connectivity index is 3.27. The van der Waals surface area contributed by atoms with Gasteiger partial charge in [0.1, 0.15) is 0 Å². The highest BCUT2D eigenvalue weighted by molar-refractivity contribution is 5.76. The number of aliphatic hydroxyl groups is 1. The Bertz CT molecular complexity index is 112. The van der Waals surface area contributed by atoms with Gasteiger partial charge in [-0.05, 0) is 6.92 Å². The van der Waals surface area contributed by atoms with E-state index >= 15 is 0 Å². The van der Waals surface area contributed by atoms with Crippen LogP contribution in [0.3, 0.4) is 0 Å². The zero-order valence-corrected chi connectivity index (χ0v) is 5.29. The van der Waals surface area contributed by atoms with Gasteiger partial charge in [0, 0.05) is 6.21 Å². The number of aliphatic hydroxyl groups excluding tert-OH is 1. The van der Waals surface area contributed by atoms with Crippen LogP contribution in [0.2, 0.25) is 0 Å². The molecule has 4 nitrogen and oxygen atoms in total. The van der Waals surface area contributed by atoms with Gasteiger partial charge in [-0.3, -0.25) is 4.79 Å². The number of hydrazone groups is 1. The number of hydrogen-bond donors (Lipinski definition) is 2. The van der Waals surface area contributed by atoms with Crippen molar-refractivity contribution in [3.8, 4) is 0 Å². The lowest BCUT2D eigenvalue weighted by Crippen LogP contribution is -2.17. The van der Waals surface area contributed by atoms with Crippen LogP contribution < -0.4 is 5.43 Å². The van der Waals surface area contributed by atoms with Gasteiger partial charge < -0.3 is 5.11 Å². The van der Waals surface area contributed by atoms with E-state index in [-0.39, 0.29) is 18.9 Å². The average Bonchev–Trinajstić information content (AvgIpc) is 1.85. The zero-order chi connectivity index (χ0) is 7.11. The van der Waals surface area contributed by atoms with Gasteiger partial charge in [-0.25, -0.2) is 5.43 Å². The van der Waals surface area contributed by atoms with Crippen molar-refractivity contribution in [2.45, 2.75) is 13.3 Å². The molecule has 0 fully saturated rings. The van der Waals surface area contributed by atoms with E-state index in [1.807, 2.05) is 0 Å². The number of carbonyl (C=O) groups is 1. The first-order valence-electron chi connectivity index (χ1n) is 2.68. The van der Waals surface area contributed by atoms with E-state index in [2.05, 4.69) is 10.5 Å². The predicted molar refractivity (Wildman–Crippen MR) is 34.0 cm³/mol. The van der Waals surface area contributed by atoms with E-state index in [0.717, 1.165) is 0 Å². The molecule has 0 spiro atoms. The number of nitrogens with zero attached hydrogens (tertiary/aromatic N) is 1. The zero-order valence-electron chi connectivity index (χ0n) is 5.29. The number of amides is 1. The molecule has 0 aliphatic rings. The van der Waals surface area contributed by atoms with Crippen LogP contribution in [0.4, 0.5) is 0 Å². The summed E-state index contributed by atoms with van der Waals surface area (Å²) in [5.74, 6) is -0.268. The van der Waals surface area contributed by atoms with Crippen LogP contribution in [-0.2, 0) is 4.79 Å². The molecule has 0 saturated heterocycles. The summed E-state index contributed by atoms with van der Waals surface area (Å²) in [6.07, 6.45) is 1.58. The second kappa shape index (κ2) is 5.24. The first-order chi connectivity index (χ1) is 4.31. The fourth-order valence-corrected chi connectivity index (χ4v) is 0.294. The molecular weight excluding hydrogens is 120 g/mol. The molecular formula is C5H10N2O2. The number of hydrogen-bond acceptors (Lipinski definition) is 3. The van der Waals surface area contributed by atoms with Gasteiger partial charge in [0.15, 0.2) is 0 Å². The van der Waals surface area contributed by atoms with Crippen molar-refractivity contribution in [3.63, 3.8) is 0 Å². The quantitative estimate of drug-likeness (QED) is 0.399. The van der Waals surface area contributed by atoms with Crippen LogP contribution in [0.5, 0.6) is 0 Å². The molecule has 0 aromatic rings. The van der Waals surface area contributed by atoms with Crippen LogP contribution in [0, 0.1) is 0 Å². The van der Waals surface area contributed by atoms with Crippen molar-refractivity contribution >= 4 is 12.1 Å². The average molecular weight is 130 g/mol. The minimum absolute atomic E-state index is 0.108. The molecule has 0 radical (unpaired) electrons.